The Morgan fingerprint density at radius 1 is 1.00 bits per heavy atom. The first kappa shape index (κ1) is 22.5. The molecule has 0 fully saturated rings. The highest BCUT2D eigenvalue weighted by atomic mass is 16.5. The van der Waals surface area contributed by atoms with Crippen molar-refractivity contribution in [2.45, 2.75) is 40.2 Å². The third-order valence-corrected chi connectivity index (χ3v) is 5.94. The Morgan fingerprint density at radius 2 is 1.77 bits per heavy atom. The molecule has 0 radical (unpaired) electrons. The normalized spacial score (nSPS) is 11.3. The van der Waals surface area contributed by atoms with E-state index >= 15 is 0 Å². The number of H-pyrrole nitrogens is 1. The number of ether oxygens (including phenoxy) is 1. The molecule has 0 saturated heterocycles. The second kappa shape index (κ2) is 9.49. The average Bonchev–Trinajstić information content (AvgIpc) is 3.62. The second-order valence-corrected chi connectivity index (χ2v) is 8.05. The topological polar surface area (TPSA) is 116 Å². The van der Waals surface area contributed by atoms with Crippen molar-refractivity contribution >= 4 is 11.6 Å². The lowest BCUT2D eigenvalue weighted by molar-refractivity contribution is 0.0510. The van der Waals surface area contributed by atoms with E-state index in [2.05, 4.69) is 55.0 Å². The van der Waals surface area contributed by atoms with E-state index < -0.39 is 0 Å². The van der Waals surface area contributed by atoms with Crippen LogP contribution in [0.15, 0.2) is 48.5 Å². The number of hydrogen-bond donors (Lipinski definition) is 1. The maximum absolute atomic E-state index is 12.9. The minimum Gasteiger partial charge on any atom is -0.461 e. The van der Waals surface area contributed by atoms with Crippen LogP contribution in [0.5, 0.6) is 0 Å². The first-order chi connectivity index (χ1) is 17.1. The van der Waals surface area contributed by atoms with Gasteiger partial charge in [0.25, 0.3) is 0 Å². The summed E-state index contributed by atoms with van der Waals surface area (Å²) >= 11 is 0. The molecule has 3 aromatic heterocycles. The zero-order valence-electron chi connectivity index (χ0n) is 19.9. The Labute approximate surface area is 201 Å². The monoisotopic (exact) mass is 470 g/mol. The molecule has 0 saturated carbocycles. The number of esters is 1. The van der Waals surface area contributed by atoms with E-state index in [0.717, 1.165) is 33.6 Å². The number of hydrogen-bond acceptors (Lipinski definition) is 7. The van der Waals surface area contributed by atoms with Crippen LogP contribution in [-0.4, -0.2) is 52.6 Å². The summed E-state index contributed by atoms with van der Waals surface area (Å²) in [4.78, 5) is 17.6. The van der Waals surface area contributed by atoms with Crippen molar-refractivity contribution in [3.05, 3.63) is 71.2 Å². The molecule has 3 heterocycles. The maximum Gasteiger partial charge on any atom is 0.356 e. The van der Waals surface area contributed by atoms with E-state index in [0.29, 0.717) is 43.2 Å². The van der Waals surface area contributed by atoms with E-state index in [1.807, 2.05) is 42.8 Å². The van der Waals surface area contributed by atoms with E-state index in [9.17, 15) is 4.79 Å². The van der Waals surface area contributed by atoms with Gasteiger partial charge in [0, 0.05) is 17.5 Å². The summed E-state index contributed by atoms with van der Waals surface area (Å²) in [5.41, 5.74) is 6.05. The van der Waals surface area contributed by atoms with E-state index in [4.69, 9.17) is 4.74 Å². The van der Waals surface area contributed by atoms with Gasteiger partial charge >= 0.3 is 5.97 Å². The van der Waals surface area contributed by atoms with E-state index in [1.165, 1.54) is 0 Å². The van der Waals surface area contributed by atoms with Crippen molar-refractivity contribution in [3.8, 4) is 22.5 Å². The summed E-state index contributed by atoms with van der Waals surface area (Å²) in [7, 11) is 0. The van der Waals surface area contributed by atoms with E-state index in [-0.39, 0.29) is 5.97 Å². The van der Waals surface area contributed by atoms with Gasteiger partial charge in [-0.3, -0.25) is 4.68 Å². The number of aromatic amines is 1. The second-order valence-electron chi connectivity index (χ2n) is 8.05. The van der Waals surface area contributed by atoms with Crippen molar-refractivity contribution < 1.29 is 9.53 Å². The van der Waals surface area contributed by atoms with Crippen LogP contribution in [0.25, 0.3) is 28.2 Å². The lowest BCUT2D eigenvalue weighted by Crippen LogP contribution is -2.18. The molecule has 5 rings (SSSR count). The molecule has 0 aliphatic carbocycles. The van der Waals surface area contributed by atoms with Gasteiger partial charge in [-0.15, -0.1) is 10.2 Å². The van der Waals surface area contributed by atoms with Crippen LogP contribution >= 0.6 is 0 Å². The summed E-state index contributed by atoms with van der Waals surface area (Å²) in [6, 6.07) is 16.2. The standard InChI is InChI=1S/C25H26N8O2/c1-4-18-22(25(34)35-6-3)32(33-24(18)26-21(5-2)29-33)15-16-11-13-17(14-12-16)19-9-7-8-10-20(19)23-27-30-31-28-23/h7-14H,4-6,15H2,1-3H3,(H,27,28,30,31). The third-order valence-electron chi connectivity index (χ3n) is 5.94. The number of fused-ring (bicyclic) bond motifs is 1. The zero-order chi connectivity index (χ0) is 24.4. The SMILES string of the molecule is CCOC(=O)c1c(CC)c2nc(CC)nn2n1Cc1ccc(-c2ccccc2-c2nnn[nH]2)cc1. The van der Waals surface area contributed by atoms with Gasteiger partial charge in [0.1, 0.15) is 0 Å². The Balaban J connectivity index is 1.53. The van der Waals surface area contributed by atoms with Crippen molar-refractivity contribution in [2.75, 3.05) is 6.61 Å². The van der Waals surface area contributed by atoms with Crippen molar-refractivity contribution in [1.82, 2.24) is 40.0 Å². The van der Waals surface area contributed by atoms with Crippen LogP contribution in [0.1, 0.15) is 48.2 Å². The molecule has 0 aliphatic heterocycles. The number of aryl methyl sites for hydroxylation is 2. The fraction of sp³-hybridized carbons (Fsp3) is 0.280. The summed E-state index contributed by atoms with van der Waals surface area (Å²) < 4.78 is 8.98. The Bertz CT molecular complexity index is 1470. The highest BCUT2D eigenvalue weighted by molar-refractivity contribution is 5.91. The minimum absolute atomic E-state index is 0.304. The Kier molecular flexibility index (Phi) is 6.09. The molecule has 0 bridgehead atoms. The first-order valence-electron chi connectivity index (χ1n) is 11.7. The van der Waals surface area contributed by atoms with Gasteiger partial charge in [0.2, 0.25) is 0 Å². The predicted octanol–water partition coefficient (Wildman–Crippen LogP) is 3.73. The molecule has 1 N–H and O–H groups in total. The summed E-state index contributed by atoms with van der Waals surface area (Å²) in [5, 5.41) is 18.9. The number of rotatable bonds is 8. The van der Waals surface area contributed by atoms with Gasteiger partial charge in [-0.1, -0.05) is 62.4 Å². The summed E-state index contributed by atoms with van der Waals surface area (Å²) in [6.07, 6.45) is 1.37. The Hall–Kier alpha value is -4.34. The molecular formula is C25H26N8O2. The molecule has 5 aromatic rings. The fourth-order valence-electron chi connectivity index (χ4n) is 4.29. The molecule has 2 aromatic carbocycles. The van der Waals surface area contributed by atoms with Crippen LogP contribution in [0.4, 0.5) is 0 Å². The molecule has 35 heavy (non-hydrogen) atoms. The van der Waals surface area contributed by atoms with Gasteiger partial charge in [0.05, 0.1) is 13.2 Å². The van der Waals surface area contributed by atoms with E-state index in [1.54, 1.807) is 11.6 Å². The molecule has 10 heteroatoms. The number of carbonyl (C=O) groups is 1. The number of aromatic nitrogens is 8. The zero-order valence-corrected chi connectivity index (χ0v) is 19.9. The van der Waals surface area contributed by atoms with Crippen LogP contribution in [0, 0.1) is 0 Å². The lowest BCUT2D eigenvalue weighted by atomic mass is 9.98. The minimum atomic E-state index is -0.360. The molecule has 10 nitrogen and oxygen atoms in total. The smallest absolute Gasteiger partial charge is 0.356 e. The van der Waals surface area contributed by atoms with Crippen LogP contribution in [0.3, 0.4) is 0 Å². The number of nitrogens with one attached hydrogen (secondary N) is 1. The molecule has 0 aliphatic rings. The van der Waals surface area contributed by atoms with Gasteiger partial charge in [-0.25, -0.2) is 14.9 Å². The van der Waals surface area contributed by atoms with Gasteiger partial charge in [-0.2, -0.15) is 4.63 Å². The van der Waals surface area contributed by atoms with Crippen LogP contribution < -0.4 is 0 Å². The molecule has 0 atom stereocenters. The molecular weight excluding hydrogens is 444 g/mol. The van der Waals surface area contributed by atoms with Crippen molar-refractivity contribution in [1.29, 1.82) is 0 Å². The number of carbonyl (C=O) groups excluding carboxylic acids is 1. The largest absolute Gasteiger partial charge is 0.461 e. The highest BCUT2D eigenvalue weighted by Gasteiger charge is 2.26. The molecule has 0 spiro atoms. The van der Waals surface area contributed by atoms with Crippen LogP contribution in [-0.2, 0) is 24.1 Å². The highest BCUT2D eigenvalue weighted by Crippen LogP contribution is 2.30. The number of benzene rings is 2. The third kappa shape index (κ3) is 4.07. The quantitative estimate of drug-likeness (QED) is 0.344. The van der Waals surface area contributed by atoms with Crippen LogP contribution in [0.2, 0.25) is 0 Å². The Morgan fingerprint density at radius 3 is 2.43 bits per heavy atom. The number of nitrogens with zero attached hydrogens (tertiary/aromatic N) is 7. The number of tetrazole rings is 1. The van der Waals surface area contributed by atoms with Crippen molar-refractivity contribution in [2.24, 2.45) is 0 Å². The lowest BCUT2D eigenvalue weighted by Gasteiger charge is -2.12. The first-order valence-corrected chi connectivity index (χ1v) is 11.7. The molecule has 0 amide bonds. The molecule has 178 valence electrons. The van der Waals surface area contributed by atoms with Gasteiger partial charge in [-0.05, 0) is 40.5 Å². The fourth-order valence-corrected chi connectivity index (χ4v) is 4.29. The summed E-state index contributed by atoms with van der Waals surface area (Å²) in [6.45, 7) is 6.59. The van der Waals surface area contributed by atoms with Crippen molar-refractivity contribution in [3.63, 3.8) is 0 Å². The van der Waals surface area contributed by atoms with Gasteiger partial charge in [0.15, 0.2) is 23.0 Å². The maximum atomic E-state index is 12.9. The average molecular weight is 471 g/mol. The predicted molar refractivity (Wildman–Crippen MR) is 130 cm³/mol. The molecule has 0 unspecified atom stereocenters. The van der Waals surface area contributed by atoms with Gasteiger partial charge < -0.3 is 4.74 Å². The summed E-state index contributed by atoms with van der Waals surface area (Å²) in [5.74, 6) is 0.997.